The van der Waals surface area contributed by atoms with Gasteiger partial charge in [0.1, 0.15) is 0 Å². The van der Waals surface area contributed by atoms with Gasteiger partial charge in [-0.2, -0.15) is 0 Å². The van der Waals surface area contributed by atoms with Gasteiger partial charge in [0, 0.05) is 39.1 Å². The van der Waals surface area contributed by atoms with Crippen molar-refractivity contribution >= 4 is 0 Å². The zero-order valence-corrected chi connectivity index (χ0v) is 9.41. The molecule has 2 heterocycles. The lowest BCUT2D eigenvalue weighted by atomic mass is 10.1. The highest BCUT2D eigenvalue weighted by Gasteiger charge is 2.12. The molecule has 0 radical (unpaired) electrons. The third-order valence-electron chi connectivity index (χ3n) is 2.87. The van der Waals surface area contributed by atoms with Crippen LogP contribution in [0.3, 0.4) is 0 Å². The van der Waals surface area contributed by atoms with Gasteiger partial charge >= 0.3 is 0 Å². The van der Waals surface area contributed by atoms with Gasteiger partial charge in [-0.15, -0.1) is 0 Å². The van der Waals surface area contributed by atoms with Crippen LogP contribution < -0.4 is 5.32 Å². The Hall–Kier alpha value is -0.800. The molecule has 84 valence electrons. The number of rotatable bonds is 4. The third kappa shape index (κ3) is 3.36. The third-order valence-corrected chi connectivity index (χ3v) is 2.87. The Bertz CT molecular complexity index is 290. The lowest BCUT2D eigenvalue weighted by molar-refractivity contribution is 0.0168. The van der Waals surface area contributed by atoms with Crippen LogP contribution in [0.2, 0.25) is 0 Å². The first kappa shape index (κ1) is 10.7. The molecular weight excluding hydrogens is 188 g/mol. The van der Waals surface area contributed by atoms with Crippen LogP contribution in [-0.2, 0) is 18.3 Å². The first-order valence-corrected chi connectivity index (χ1v) is 5.78. The van der Waals surface area contributed by atoms with E-state index in [4.69, 9.17) is 4.74 Å². The molecule has 1 N–H and O–H groups in total. The van der Waals surface area contributed by atoms with Gasteiger partial charge in [-0.25, -0.2) is 0 Å². The second-order valence-corrected chi connectivity index (χ2v) is 4.30. The molecule has 1 atom stereocenters. The average Bonchev–Trinajstić information content (AvgIpc) is 2.66. The molecule has 1 unspecified atom stereocenters. The first-order chi connectivity index (χ1) is 7.34. The van der Waals surface area contributed by atoms with E-state index in [-0.39, 0.29) is 0 Å². The van der Waals surface area contributed by atoms with E-state index in [0.717, 1.165) is 19.7 Å². The summed E-state index contributed by atoms with van der Waals surface area (Å²) in [4.78, 5) is 0. The zero-order valence-electron chi connectivity index (χ0n) is 9.41. The second-order valence-electron chi connectivity index (χ2n) is 4.30. The van der Waals surface area contributed by atoms with Gasteiger partial charge in [0.2, 0.25) is 0 Å². The van der Waals surface area contributed by atoms with Crippen molar-refractivity contribution in [1.29, 1.82) is 0 Å². The summed E-state index contributed by atoms with van der Waals surface area (Å²) in [6.45, 7) is 2.87. The lowest BCUT2D eigenvalue weighted by Crippen LogP contribution is -2.31. The Labute approximate surface area is 91.4 Å². The van der Waals surface area contributed by atoms with Gasteiger partial charge in [0.05, 0.1) is 6.10 Å². The molecule has 0 bridgehead atoms. The number of hydrogen-bond acceptors (Lipinski definition) is 2. The Morgan fingerprint density at radius 3 is 3.13 bits per heavy atom. The summed E-state index contributed by atoms with van der Waals surface area (Å²) in [5.41, 5.74) is 1.34. The molecule has 1 aliphatic heterocycles. The molecule has 0 aromatic carbocycles. The molecule has 0 amide bonds. The molecule has 1 aliphatic rings. The van der Waals surface area contributed by atoms with Crippen LogP contribution in [-0.4, -0.2) is 23.8 Å². The van der Waals surface area contributed by atoms with Crippen LogP contribution in [0.5, 0.6) is 0 Å². The summed E-state index contributed by atoms with van der Waals surface area (Å²) in [6.07, 6.45) is 8.42. The fourth-order valence-electron chi connectivity index (χ4n) is 2.01. The van der Waals surface area contributed by atoms with E-state index in [1.807, 2.05) is 7.05 Å². The quantitative estimate of drug-likeness (QED) is 0.815. The molecule has 0 spiro atoms. The smallest absolute Gasteiger partial charge is 0.0699 e. The highest BCUT2D eigenvalue weighted by atomic mass is 16.5. The molecule has 0 aliphatic carbocycles. The van der Waals surface area contributed by atoms with E-state index in [0.29, 0.717) is 6.10 Å². The summed E-state index contributed by atoms with van der Waals surface area (Å²) >= 11 is 0. The largest absolute Gasteiger partial charge is 0.377 e. The number of aromatic nitrogens is 1. The molecule has 15 heavy (non-hydrogen) atoms. The summed E-state index contributed by atoms with van der Waals surface area (Å²) in [5, 5.41) is 3.45. The van der Waals surface area contributed by atoms with E-state index in [1.54, 1.807) is 0 Å². The highest BCUT2D eigenvalue weighted by Crippen LogP contribution is 2.11. The minimum atomic E-state index is 0.433. The Morgan fingerprint density at radius 1 is 1.53 bits per heavy atom. The predicted octanol–water partition coefficient (Wildman–Crippen LogP) is 1.68. The lowest BCUT2D eigenvalue weighted by Gasteiger charge is -2.22. The average molecular weight is 208 g/mol. The standard InChI is InChI=1S/C12H20N2O/c1-14-6-5-11(10-14)8-13-9-12-4-2-3-7-15-12/h5-6,10,12-13H,2-4,7-9H2,1H3. The van der Waals surface area contributed by atoms with Crippen molar-refractivity contribution < 1.29 is 4.74 Å². The van der Waals surface area contributed by atoms with Crippen LogP contribution >= 0.6 is 0 Å². The van der Waals surface area contributed by atoms with Gasteiger partial charge in [0.15, 0.2) is 0 Å². The van der Waals surface area contributed by atoms with Crippen LogP contribution in [0, 0.1) is 0 Å². The van der Waals surface area contributed by atoms with Crippen molar-refractivity contribution in [3.63, 3.8) is 0 Å². The Morgan fingerprint density at radius 2 is 2.47 bits per heavy atom. The Balaban J connectivity index is 1.65. The van der Waals surface area contributed by atoms with Gasteiger partial charge in [0.25, 0.3) is 0 Å². The van der Waals surface area contributed by atoms with E-state index < -0.39 is 0 Å². The number of nitrogens with zero attached hydrogens (tertiary/aromatic N) is 1. The fraction of sp³-hybridized carbons (Fsp3) is 0.667. The molecule has 1 saturated heterocycles. The maximum Gasteiger partial charge on any atom is 0.0699 e. The minimum Gasteiger partial charge on any atom is -0.377 e. The molecule has 1 fully saturated rings. The van der Waals surface area contributed by atoms with Gasteiger partial charge in [-0.3, -0.25) is 0 Å². The minimum absolute atomic E-state index is 0.433. The number of hydrogen-bond donors (Lipinski definition) is 1. The van der Waals surface area contributed by atoms with Crippen molar-refractivity contribution in [2.45, 2.75) is 31.9 Å². The summed E-state index contributed by atoms with van der Waals surface area (Å²) in [7, 11) is 2.05. The summed E-state index contributed by atoms with van der Waals surface area (Å²) < 4.78 is 7.73. The van der Waals surface area contributed by atoms with Crippen LogP contribution in [0.1, 0.15) is 24.8 Å². The van der Waals surface area contributed by atoms with Crippen LogP contribution in [0.25, 0.3) is 0 Å². The van der Waals surface area contributed by atoms with Crippen molar-refractivity contribution in [3.8, 4) is 0 Å². The summed E-state index contributed by atoms with van der Waals surface area (Å²) in [6, 6.07) is 2.15. The van der Waals surface area contributed by atoms with Gasteiger partial charge in [-0.05, 0) is 30.9 Å². The van der Waals surface area contributed by atoms with Crippen molar-refractivity contribution in [2.24, 2.45) is 7.05 Å². The zero-order chi connectivity index (χ0) is 10.5. The highest BCUT2D eigenvalue weighted by molar-refractivity contribution is 5.09. The fourth-order valence-corrected chi connectivity index (χ4v) is 2.01. The Kier molecular flexibility index (Phi) is 3.80. The van der Waals surface area contributed by atoms with E-state index in [9.17, 15) is 0 Å². The van der Waals surface area contributed by atoms with E-state index in [2.05, 4.69) is 28.3 Å². The molecule has 1 aromatic heterocycles. The second kappa shape index (κ2) is 5.33. The molecule has 1 aromatic rings. The van der Waals surface area contributed by atoms with Gasteiger partial charge < -0.3 is 14.6 Å². The normalized spacial score (nSPS) is 21.8. The number of ether oxygens (including phenoxy) is 1. The first-order valence-electron chi connectivity index (χ1n) is 5.78. The van der Waals surface area contributed by atoms with E-state index in [1.165, 1.54) is 24.8 Å². The summed E-state index contributed by atoms with van der Waals surface area (Å²) in [5.74, 6) is 0. The number of aryl methyl sites for hydroxylation is 1. The van der Waals surface area contributed by atoms with Crippen molar-refractivity contribution in [2.75, 3.05) is 13.2 Å². The molecule has 2 rings (SSSR count). The van der Waals surface area contributed by atoms with Crippen LogP contribution in [0.4, 0.5) is 0 Å². The number of nitrogens with one attached hydrogen (secondary N) is 1. The molecule has 3 nitrogen and oxygen atoms in total. The predicted molar refractivity (Wildman–Crippen MR) is 60.7 cm³/mol. The SMILES string of the molecule is Cn1ccc(CNCC2CCCCO2)c1. The monoisotopic (exact) mass is 208 g/mol. The maximum atomic E-state index is 5.65. The van der Waals surface area contributed by atoms with E-state index >= 15 is 0 Å². The molecule has 0 saturated carbocycles. The van der Waals surface area contributed by atoms with Gasteiger partial charge in [-0.1, -0.05) is 0 Å². The molecular formula is C12H20N2O. The van der Waals surface area contributed by atoms with Crippen LogP contribution in [0.15, 0.2) is 18.5 Å². The van der Waals surface area contributed by atoms with Crippen molar-refractivity contribution in [1.82, 2.24) is 9.88 Å². The topological polar surface area (TPSA) is 26.2 Å². The van der Waals surface area contributed by atoms with Crippen molar-refractivity contribution in [3.05, 3.63) is 24.0 Å². The maximum absolute atomic E-state index is 5.65. The molecule has 3 heteroatoms.